The van der Waals surface area contributed by atoms with E-state index < -0.39 is 0 Å². The van der Waals surface area contributed by atoms with Crippen molar-refractivity contribution < 1.29 is 9.18 Å². The van der Waals surface area contributed by atoms with E-state index in [1.807, 2.05) is 24.3 Å². The highest BCUT2D eigenvalue weighted by Gasteiger charge is 2.26. The van der Waals surface area contributed by atoms with Crippen LogP contribution in [0.15, 0.2) is 48.5 Å². The minimum Gasteiger partial charge on any atom is -0.336 e. The SMILES string of the molecule is CC(c1ccccc1Cl)N1CCN(C(=O)c2cccc(F)c2)CC1. The van der Waals surface area contributed by atoms with Gasteiger partial charge in [0.1, 0.15) is 5.82 Å². The van der Waals surface area contributed by atoms with Crippen LogP contribution in [0.4, 0.5) is 4.39 Å². The van der Waals surface area contributed by atoms with Crippen molar-refractivity contribution in [2.75, 3.05) is 26.2 Å². The number of hydrogen-bond donors (Lipinski definition) is 0. The van der Waals surface area contributed by atoms with Crippen LogP contribution in [0.5, 0.6) is 0 Å². The summed E-state index contributed by atoms with van der Waals surface area (Å²) in [6.45, 7) is 4.93. The molecule has 0 radical (unpaired) electrons. The number of nitrogens with zero attached hydrogens (tertiary/aromatic N) is 2. The second-order valence-electron chi connectivity index (χ2n) is 6.04. The van der Waals surface area contributed by atoms with E-state index in [0.717, 1.165) is 23.7 Å². The predicted molar refractivity (Wildman–Crippen MR) is 93.7 cm³/mol. The highest BCUT2D eigenvalue weighted by atomic mass is 35.5. The van der Waals surface area contributed by atoms with E-state index in [2.05, 4.69) is 11.8 Å². The summed E-state index contributed by atoms with van der Waals surface area (Å²) in [5.74, 6) is -0.494. The molecule has 1 heterocycles. The maximum atomic E-state index is 13.3. The molecular formula is C19H20ClFN2O. The Hall–Kier alpha value is -1.91. The third kappa shape index (κ3) is 3.60. The van der Waals surface area contributed by atoms with Gasteiger partial charge in [-0.25, -0.2) is 4.39 Å². The summed E-state index contributed by atoms with van der Waals surface area (Å²) in [6, 6.07) is 13.9. The van der Waals surface area contributed by atoms with Crippen LogP contribution in [0.1, 0.15) is 28.9 Å². The van der Waals surface area contributed by atoms with Crippen molar-refractivity contribution in [3.05, 3.63) is 70.5 Å². The summed E-state index contributed by atoms with van der Waals surface area (Å²) in [4.78, 5) is 16.6. The number of halogens is 2. The first-order valence-electron chi connectivity index (χ1n) is 8.09. The fourth-order valence-corrected chi connectivity index (χ4v) is 3.42. The van der Waals surface area contributed by atoms with Crippen molar-refractivity contribution in [3.8, 4) is 0 Å². The number of hydrogen-bond acceptors (Lipinski definition) is 2. The first kappa shape index (κ1) is 16.9. The van der Waals surface area contributed by atoms with Crippen LogP contribution in [0.3, 0.4) is 0 Å². The van der Waals surface area contributed by atoms with Crippen molar-refractivity contribution in [3.63, 3.8) is 0 Å². The molecule has 0 aromatic heterocycles. The van der Waals surface area contributed by atoms with Crippen LogP contribution in [-0.4, -0.2) is 41.9 Å². The third-order valence-corrected chi connectivity index (χ3v) is 4.92. The number of rotatable bonds is 3. The summed E-state index contributed by atoms with van der Waals surface area (Å²) < 4.78 is 13.3. The molecule has 5 heteroatoms. The maximum absolute atomic E-state index is 13.3. The van der Waals surface area contributed by atoms with E-state index in [-0.39, 0.29) is 17.8 Å². The van der Waals surface area contributed by atoms with Gasteiger partial charge in [-0.3, -0.25) is 9.69 Å². The molecule has 0 N–H and O–H groups in total. The Morgan fingerprint density at radius 2 is 1.79 bits per heavy atom. The Labute approximate surface area is 146 Å². The summed E-state index contributed by atoms with van der Waals surface area (Å²) in [7, 11) is 0. The second-order valence-corrected chi connectivity index (χ2v) is 6.44. The van der Waals surface area contributed by atoms with Gasteiger partial charge in [0.25, 0.3) is 5.91 Å². The van der Waals surface area contributed by atoms with E-state index in [1.54, 1.807) is 17.0 Å². The Kier molecular flexibility index (Phi) is 5.17. The number of piperazine rings is 1. The molecule has 0 saturated carbocycles. The molecule has 1 amide bonds. The predicted octanol–water partition coefficient (Wildman–Crippen LogP) is 4.00. The highest BCUT2D eigenvalue weighted by Crippen LogP contribution is 2.28. The zero-order valence-corrected chi connectivity index (χ0v) is 14.3. The molecule has 0 bridgehead atoms. The van der Waals surface area contributed by atoms with Gasteiger partial charge < -0.3 is 4.90 Å². The topological polar surface area (TPSA) is 23.6 Å². The Balaban J connectivity index is 1.63. The van der Waals surface area contributed by atoms with Crippen molar-refractivity contribution in [1.29, 1.82) is 0 Å². The molecule has 2 aromatic carbocycles. The second kappa shape index (κ2) is 7.32. The third-order valence-electron chi connectivity index (χ3n) is 4.58. The van der Waals surface area contributed by atoms with E-state index in [1.165, 1.54) is 12.1 Å². The Bertz CT molecular complexity index is 729. The molecule has 1 aliphatic heterocycles. The first-order chi connectivity index (χ1) is 11.6. The molecule has 3 nitrogen and oxygen atoms in total. The van der Waals surface area contributed by atoms with Gasteiger partial charge in [0.2, 0.25) is 0 Å². The fraction of sp³-hybridized carbons (Fsp3) is 0.316. The van der Waals surface area contributed by atoms with Crippen LogP contribution in [-0.2, 0) is 0 Å². The molecule has 3 rings (SSSR count). The van der Waals surface area contributed by atoms with Crippen LogP contribution < -0.4 is 0 Å². The van der Waals surface area contributed by atoms with E-state index in [9.17, 15) is 9.18 Å². The van der Waals surface area contributed by atoms with E-state index >= 15 is 0 Å². The average Bonchev–Trinajstić information content (AvgIpc) is 2.61. The van der Waals surface area contributed by atoms with Crippen molar-refractivity contribution in [2.24, 2.45) is 0 Å². The molecule has 0 spiro atoms. The lowest BCUT2D eigenvalue weighted by Crippen LogP contribution is -2.49. The lowest BCUT2D eigenvalue weighted by molar-refractivity contribution is 0.0581. The van der Waals surface area contributed by atoms with Gasteiger partial charge in [0.15, 0.2) is 0 Å². The minimum absolute atomic E-state index is 0.112. The van der Waals surface area contributed by atoms with E-state index in [0.29, 0.717) is 18.7 Å². The minimum atomic E-state index is -0.383. The van der Waals surface area contributed by atoms with Crippen molar-refractivity contribution >= 4 is 17.5 Å². The van der Waals surface area contributed by atoms with Crippen molar-refractivity contribution in [2.45, 2.75) is 13.0 Å². The van der Waals surface area contributed by atoms with Crippen LogP contribution >= 0.6 is 11.6 Å². The molecule has 24 heavy (non-hydrogen) atoms. The molecule has 126 valence electrons. The smallest absolute Gasteiger partial charge is 0.254 e. The van der Waals surface area contributed by atoms with Gasteiger partial charge in [-0.2, -0.15) is 0 Å². The molecule has 1 fully saturated rings. The van der Waals surface area contributed by atoms with Gasteiger partial charge in [-0.1, -0.05) is 35.9 Å². The number of amides is 1. The zero-order valence-electron chi connectivity index (χ0n) is 13.6. The van der Waals surface area contributed by atoms with Gasteiger partial charge in [-0.05, 0) is 36.8 Å². The Morgan fingerprint density at radius 1 is 1.08 bits per heavy atom. The normalized spacial score (nSPS) is 16.9. The average molecular weight is 347 g/mol. The maximum Gasteiger partial charge on any atom is 0.254 e. The number of benzene rings is 2. The lowest BCUT2D eigenvalue weighted by Gasteiger charge is -2.38. The quantitative estimate of drug-likeness (QED) is 0.838. The monoisotopic (exact) mass is 346 g/mol. The molecule has 0 aliphatic carbocycles. The fourth-order valence-electron chi connectivity index (χ4n) is 3.13. The lowest BCUT2D eigenvalue weighted by atomic mass is 10.1. The molecular weight excluding hydrogens is 327 g/mol. The van der Waals surface area contributed by atoms with Crippen LogP contribution in [0.2, 0.25) is 5.02 Å². The summed E-state index contributed by atoms with van der Waals surface area (Å²) in [5.41, 5.74) is 1.51. The number of carbonyl (C=O) groups is 1. The number of carbonyl (C=O) groups excluding carboxylic acids is 1. The highest BCUT2D eigenvalue weighted by molar-refractivity contribution is 6.31. The standard InChI is InChI=1S/C19H20ClFN2O/c1-14(17-7-2-3-8-18(17)20)22-9-11-23(12-10-22)19(24)15-5-4-6-16(21)13-15/h2-8,13-14H,9-12H2,1H3. The molecule has 2 aromatic rings. The molecule has 1 saturated heterocycles. The van der Waals surface area contributed by atoms with Crippen LogP contribution in [0.25, 0.3) is 0 Å². The summed E-state index contributed by atoms with van der Waals surface area (Å²) in [6.07, 6.45) is 0. The van der Waals surface area contributed by atoms with Gasteiger partial charge >= 0.3 is 0 Å². The van der Waals surface area contributed by atoms with Crippen LogP contribution in [0, 0.1) is 5.82 Å². The summed E-state index contributed by atoms with van der Waals surface area (Å²) in [5, 5.41) is 0.767. The zero-order chi connectivity index (χ0) is 17.1. The van der Waals surface area contributed by atoms with Gasteiger partial charge in [-0.15, -0.1) is 0 Å². The van der Waals surface area contributed by atoms with Gasteiger partial charge in [0, 0.05) is 42.8 Å². The van der Waals surface area contributed by atoms with E-state index in [4.69, 9.17) is 11.6 Å². The Morgan fingerprint density at radius 3 is 2.46 bits per heavy atom. The molecule has 1 unspecified atom stereocenters. The summed E-state index contributed by atoms with van der Waals surface area (Å²) >= 11 is 6.29. The van der Waals surface area contributed by atoms with Crippen molar-refractivity contribution in [1.82, 2.24) is 9.80 Å². The molecule has 1 aliphatic rings. The van der Waals surface area contributed by atoms with Gasteiger partial charge in [0.05, 0.1) is 0 Å². The largest absolute Gasteiger partial charge is 0.336 e. The molecule has 1 atom stereocenters. The first-order valence-corrected chi connectivity index (χ1v) is 8.47.